The van der Waals surface area contributed by atoms with Crippen LogP contribution in [-0.4, -0.2) is 168 Å². The zero-order valence-electron chi connectivity index (χ0n) is 19.1. The molecule has 2 aliphatic rings. The van der Waals surface area contributed by atoms with Crippen molar-refractivity contribution in [1.29, 1.82) is 0 Å². The second-order valence-corrected chi connectivity index (χ2v) is 8.11. The van der Waals surface area contributed by atoms with Crippen molar-refractivity contribution in [1.82, 2.24) is 0 Å². The number of aliphatic hydroxyl groups excluding tert-OH is 11. The summed E-state index contributed by atoms with van der Waals surface area (Å²) < 4.78 is 20.9. The summed E-state index contributed by atoms with van der Waals surface area (Å²) in [4.78, 5) is 10.8. The largest absolute Gasteiger partial charge is 1.00 e. The summed E-state index contributed by atoms with van der Waals surface area (Å²) in [6, 6.07) is 0. The number of carboxylic acids is 1. The van der Waals surface area contributed by atoms with Gasteiger partial charge in [-0.15, -0.1) is 0 Å². The molecule has 0 aromatic heterocycles. The van der Waals surface area contributed by atoms with Crippen LogP contribution in [0, 0.1) is 0 Å². The van der Waals surface area contributed by atoms with Gasteiger partial charge in [0.05, 0.1) is 25.8 Å². The van der Waals surface area contributed by atoms with Gasteiger partial charge in [-0.1, -0.05) is 0 Å². The summed E-state index contributed by atoms with van der Waals surface area (Å²) in [5.41, 5.74) is 0. The molecule has 14 atom stereocenters. The van der Waals surface area contributed by atoms with Gasteiger partial charge in [0.25, 0.3) is 0 Å². The van der Waals surface area contributed by atoms with Crippen molar-refractivity contribution < 1.29 is 136 Å². The molecule has 2 fully saturated rings. The topological polar surface area (TPSA) is 300 Å². The van der Waals surface area contributed by atoms with Crippen molar-refractivity contribution in [3.63, 3.8) is 0 Å². The number of carbonyl (C=O) groups excluding carboxylic acids is 1. The fourth-order valence-corrected chi connectivity index (χ4v) is 3.64. The maximum Gasteiger partial charge on any atom is 1.00 e. The first-order valence-corrected chi connectivity index (χ1v) is 10.5. The minimum absolute atomic E-state index is 0. The van der Waals surface area contributed by atoms with Gasteiger partial charge in [-0.2, -0.15) is 0 Å². The Morgan fingerprint density at radius 3 is 1.83 bits per heavy atom. The van der Waals surface area contributed by atoms with Crippen molar-refractivity contribution >= 4 is 5.97 Å². The summed E-state index contributed by atoms with van der Waals surface area (Å²) in [5, 5.41) is 119. The zero-order valence-corrected chi connectivity index (χ0v) is 22.2. The quantitative estimate of drug-likeness (QED) is 0.105. The standard InChI is InChI=1S/C18H32O17.K/c19-1-4(22)14(9(25)11(27)16(30)31)34-18-13(29)10(26)15(6(3-21)33-18)35-17-12(28)8(24)7(23)5(2-20)32-17;/h4-15,17-29H,1-3H2,(H,30,31);/q;+1/p-1/t4?,5?,6?,7-,8-,9+,10+,11?,12?,13?,14-,15-,17-,18-;/m0./s1. The predicted octanol–water partition coefficient (Wildman–Crippen LogP) is -12.2. The smallest absolute Gasteiger partial charge is 0.547 e. The Morgan fingerprint density at radius 1 is 0.806 bits per heavy atom. The fourth-order valence-electron chi connectivity index (χ4n) is 3.64. The number of rotatable bonds is 11. The van der Waals surface area contributed by atoms with Crippen LogP contribution in [-0.2, 0) is 23.7 Å². The van der Waals surface area contributed by atoms with Crippen LogP contribution in [0.3, 0.4) is 0 Å². The molecule has 0 aliphatic carbocycles. The molecule has 11 N–H and O–H groups in total. The van der Waals surface area contributed by atoms with E-state index in [4.69, 9.17) is 24.1 Å². The van der Waals surface area contributed by atoms with Crippen LogP contribution in [0.15, 0.2) is 0 Å². The number of aliphatic hydroxyl groups is 11. The number of carboxylic acid groups (broad SMARTS) is 1. The van der Waals surface area contributed by atoms with Crippen LogP contribution in [0.1, 0.15) is 0 Å². The number of carbonyl (C=O) groups is 1. The van der Waals surface area contributed by atoms with Gasteiger partial charge in [0, 0.05) is 0 Å². The molecule has 0 amide bonds. The van der Waals surface area contributed by atoms with E-state index in [1.54, 1.807) is 0 Å². The molecule has 0 saturated carbocycles. The molecular weight excluding hydrogens is 527 g/mol. The third-order valence-electron chi connectivity index (χ3n) is 5.72. The van der Waals surface area contributed by atoms with E-state index in [1.807, 2.05) is 0 Å². The molecule has 6 unspecified atom stereocenters. The van der Waals surface area contributed by atoms with E-state index in [0.29, 0.717) is 0 Å². The van der Waals surface area contributed by atoms with E-state index in [2.05, 4.69) is 0 Å². The molecule has 206 valence electrons. The number of hydrogen-bond acceptors (Lipinski definition) is 17. The van der Waals surface area contributed by atoms with Gasteiger partial charge in [0.2, 0.25) is 0 Å². The monoisotopic (exact) mass is 558 g/mol. The Bertz CT molecular complexity index is 670. The van der Waals surface area contributed by atoms with Gasteiger partial charge in [0.15, 0.2) is 12.6 Å². The second-order valence-electron chi connectivity index (χ2n) is 8.11. The van der Waals surface area contributed by atoms with Crippen molar-refractivity contribution in [2.75, 3.05) is 19.8 Å². The molecule has 0 radical (unpaired) electrons. The van der Waals surface area contributed by atoms with Gasteiger partial charge in [0.1, 0.15) is 73.2 Å². The molecule has 36 heavy (non-hydrogen) atoms. The second kappa shape index (κ2) is 15.3. The number of aliphatic carboxylic acids is 1. The first-order valence-electron chi connectivity index (χ1n) is 10.5. The molecule has 18 heteroatoms. The Balaban J connectivity index is 0.00000648. The predicted molar refractivity (Wildman–Crippen MR) is 101 cm³/mol. The van der Waals surface area contributed by atoms with Crippen LogP contribution in [0.25, 0.3) is 0 Å². The fraction of sp³-hybridized carbons (Fsp3) is 0.944. The summed E-state index contributed by atoms with van der Waals surface area (Å²) >= 11 is 0. The molecule has 2 saturated heterocycles. The Labute approximate surface area is 246 Å². The van der Waals surface area contributed by atoms with E-state index >= 15 is 0 Å². The van der Waals surface area contributed by atoms with Crippen molar-refractivity contribution in [3.05, 3.63) is 0 Å². The maximum absolute atomic E-state index is 10.8. The molecule has 2 aliphatic heterocycles. The summed E-state index contributed by atoms with van der Waals surface area (Å²) in [6.07, 6.45) is -27.0. The minimum atomic E-state index is -2.59. The van der Waals surface area contributed by atoms with Crippen molar-refractivity contribution in [2.24, 2.45) is 0 Å². The van der Waals surface area contributed by atoms with Crippen LogP contribution < -0.4 is 56.5 Å². The van der Waals surface area contributed by atoms with Crippen LogP contribution in [0.4, 0.5) is 0 Å². The molecule has 0 aromatic rings. The van der Waals surface area contributed by atoms with Crippen molar-refractivity contribution in [2.45, 2.75) is 85.8 Å². The normalized spacial score (nSPS) is 40.5. The van der Waals surface area contributed by atoms with Crippen LogP contribution in [0.2, 0.25) is 0 Å². The van der Waals surface area contributed by atoms with Gasteiger partial charge in [-0.3, -0.25) is 0 Å². The first-order chi connectivity index (χ1) is 16.4. The average molecular weight is 559 g/mol. The van der Waals surface area contributed by atoms with Crippen molar-refractivity contribution in [3.8, 4) is 0 Å². The summed E-state index contributed by atoms with van der Waals surface area (Å²) in [5.74, 6) is -2.15. The van der Waals surface area contributed by atoms with Gasteiger partial charge < -0.3 is 85.0 Å². The number of hydrogen-bond donors (Lipinski definition) is 11. The van der Waals surface area contributed by atoms with E-state index < -0.39 is 112 Å². The van der Waals surface area contributed by atoms with E-state index in [9.17, 15) is 61.0 Å². The molecule has 0 spiro atoms. The summed E-state index contributed by atoms with van der Waals surface area (Å²) in [6.45, 7) is -2.81. The molecule has 2 heterocycles. The van der Waals surface area contributed by atoms with E-state index in [0.717, 1.165) is 0 Å². The van der Waals surface area contributed by atoms with E-state index in [1.165, 1.54) is 0 Å². The van der Waals surface area contributed by atoms with Crippen LogP contribution in [0.5, 0.6) is 0 Å². The third kappa shape index (κ3) is 7.79. The maximum atomic E-state index is 10.8. The molecule has 17 nitrogen and oxygen atoms in total. The van der Waals surface area contributed by atoms with Gasteiger partial charge >= 0.3 is 51.4 Å². The average Bonchev–Trinajstić information content (AvgIpc) is 2.84. The Kier molecular flexibility index (Phi) is 14.7. The Hall–Kier alpha value is 0.506. The third-order valence-corrected chi connectivity index (χ3v) is 5.72. The molecule has 0 bridgehead atoms. The van der Waals surface area contributed by atoms with Gasteiger partial charge in [-0.25, -0.2) is 0 Å². The van der Waals surface area contributed by atoms with Crippen LogP contribution >= 0.6 is 0 Å². The Morgan fingerprint density at radius 2 is 1.33 bits per heavy atom. The first kappa shape index (κ1) is 34.5. The number of ether oxygens (including phenoxy) is 4. The molecule has 2 rings (SSSR count). The minimum Gasteiger partial charge on any atom is -0.547 e. The molecular formula is C18H31KO17. The molecule has 0 aromatic carbocycles. The van der Waals surface area contributed by atoms with E-state index in [-0.39, 0.29) is 51.4 Å². The zero-order chi connectivity index (χ0) is 26.6. The van der Waals surface area contributed by atoms with Gasteiger partial charge in [-0.05, 0) is 0 Å². The summed E-state index contributed by atoms with van der Waals surface area (Å²) in [7, 11) is 0. The SMILES string of the molecule is O=C([O-])C(O)[C@@H](O)[C@@H](O[C@@H]1OC(CO)[C@H](O[C@@H]2OC(CO)[C@H](O)[C@H](O)C2O)[C@H](O)C1O)C(O)CO.[K+].